The summed E-state index contributed by atoms with van der Waals surface area (Å²) in [7, 11) is 0. The van der Waals surface area contributed by atoms with Gasteiger partial charge in [-0.05, 0) is 79.9 Å². The minimum atomic E-state index is 0.619. The molecule has 0 aromatic heterocycles. The van der Waals surface area contributed by atoms with Gasteiger partial charge in [0.15, 0.2) is 5.11 Å². The lowest BCUT2D eigenvalue weighted by Gasteiger charge is -2.32. The molecule has 1 aliphatic heterocycles. The molecule has 27 heavy (non-hydrogen) atoms. The minimum absolute atomic E-state index is 0.619. The zero-order chi connectivity index (χ0) is 19.1. The van der Waals surface area contributed by atoms with E-state index in [9.17, 15) is 0 Å². The van der Waals surface area contributed by atoms with Crippen LogP contribution in [0.5, 0.6) is 5.75 Å². The molecule has 144 valence electrons. The molecule has 0 unspecified atom stereocenters. The lowest BCUT2D eigenvalue weighted by Crippen LogP contribution is -2.34. The van der Waals surface area contributed by atoms with Crippen molar-refractivity contribution in [2.75, 3.05) is 29.9 Å². The van der Waals surface area contributed by atoms with Gasteiger partial charge in [-0.15, -0.1) is 0 Å². The first kappa shape index (κ1) is 19.5. The maximum atomic E-state index is 5.45. The van der Waals surface area contributed by atoms with Gasteiger partial charge in [-0.1, -0.05) is 19.1 Å². The summed E-state index contributed by atoms with van der Waals surface area (Å²) < 4.78 is 5.45. The van der Waals surface area contributed by atoms with Crippen molar-refractivity contribution in [1.82, 2.24) is 5.32 Å². The molecule has 0 saturated carbocycles. The van der Waals surface area contributed by atoms with Gasteiger partial charge in [-0.25, -0.2) is 0 Å². The molecule has 0 bridgehead atoms. The predicted octanol–water partition coefficient (Wildman–Crippen LogP) is 4.81. The molecule has 0 spiro atoms. The van der Waals surface area contributed by atoms with Gasteiger partial charge in [0.1, 0.15) is 5.75 Å². The third kappa shape index (κ3) is 5.86. The van der Waals surface area contributed by atoms with Gasteiger partial charge in [0.25, 0.3) is 0 Å². The summed E-state index contributed by atoms with van der Waals surface area (Å²) >= 11 is 5.40. The van der Waals surface area contributed by atoms with Crippen molar-refractivity contribution in [2.24, 2.45) is 5.92 Å². The predicted molar refractivity (Wildman–Crippen MR) is 118 cm³/mol. The fourth-order valence-corrected chi connectivity index (χ4v) is 3.60. The number of hydrogen-bond donors (Lipinski definition) is 2. The van der Waals surface area contributed by atoms with Gasteiger partial charge in [-0.2, -0.15) is 0 Å². The van der Waals surface area contributed by atoms with Gasteiger partial charge in [0.2, 0.25) is 0 Å². The Balaban J connectivity index is 1.47. The molecule has 0 amide bonds. The van der Waals surface area contributed by atoms with Crippen LogP contribution in [-0.2, 0) is 6.54 Å². The Kier molecular flexibility index (Phi) is 6.93. The van der Waals surface area contributed by atoms with Crippen molar-refractivity contribution >= 4 is 28.7 Å². The first-order valence-corrected chi connectivity index (χ1v) is 10.2. The standard InChI is InChI=1S/C22H29N3OS/c1-3-26-21-12-8-19(9-13-21)24-22(27)23-15-18-6-10-20(11-7-18)25-14-4-5-17(2)16-25/h6-13,17H,3-5,14-16H2,1-2H3,(H2,23,24,27)/t17-/m0/s1. The lowest BCUT2D eigenvalue weighted by atomic mass is 9.99. The Morgan fingerprint density at radius 1 is 1.15 bits per heavy atom. The summed E-state index contributed by atoms with van der Waals surface area (Å²) in [6.07, 6.45) is 2.63. The second-order valence-electron chi connectivity index (χ2n) is 7.12. The SMILES string of the molecule is CCOc1ccc(NC(=S)NCc2ccc(N3CCC[C@H](C)C3)cc2)cc1. The molecule has 2 aromatic carbocycles. The summed E-state index contributed by atoms with van der Waals surface area (Å²) in [5.74, 6) is 1.65. The second-order valence-corrected chi connectivity index (χ2v) is 7.53. The van der Waals surface area contributed by atoms with Crippen LogP contribution in [0.15, 0.2) is 48.5 Å². The van der Waals surface area contributed by atoms with Crippen LogP contribution in [0.4, 0.5) is 11.4 Å². The Labute approximate surface area is 167 Å². The highest BCUT2D eigenvalue weighted by molar-refractivity contribution is 7.80. The maximum absolute atomic E-state index is 5.45. The average molecular weight is 384 g/mol. The first-order valence-electron chi connectivity index (χ1n) is 9.75. The lowest BCUT2D eigenvalue weighted by molar-refractivity contribution is 0.340. The van der Waals surface area contributed by atoms with E-state index in [1.165, 1.54) is 24.1 Å². The van der Waals surface area contributed by atoms with E-state index in [-0.39, 0.29) is 0 Å². The van der Waals surface area contributed by atoms with Crippen LogP contribution < -0.4 is 20.3 Å². The molecule has 1 aliphatic rings. The van der Waals surface area contributed by atoms with Crippen LogP contribution in [-0.4, -0.2) is 24.8 Å². The quantitative estimate of drug-likeness (QED) is 0.700. The Morgan fingerprint density at radius 2 is 1.89 bits per heavy atom. The molecule has 1 fully saturated rings. The van der Waals surface area contributed by atoms with E-state index in [4.69, 9.17) is 17.0 Å². The normalized spacial score (nSPS) is 16.7. The molecule has 0 radical (unpaired) electrons. The molecule has 5 heteroatoms. The van der Waals surface area contributed by atoms with Gasteiger partial charge in [-0.3, -0.25) is 0 Å². The summed E-state index contributed by atoms with van der Waals surface area (Å²) in [6.45, 7) is 8.02. The third-order valence-electron chi connectivity index (χ3n) is 4.83. The number of piperidine rings is 1. The van der Waals surface area contributed by atoms with E-state index in [0.717, 1.165) is 30.4 Å². The molecule has 2 aromatic rings. The van der Waals surface area contributed by atoms with Crippen molar-refractivity contribution in [3.05, 3.63) is 54.1 Å². The Hall–Kier alpha value is -2.27. The molecular weight excluding hydrogens is 354 g/mol. The van der Waals surface area contributed by atoms with Crippen LogP contribution >= 0.6 is 12.2 Å². The number of ether oxygens (including phenoxy) is 1. The number of rotatable bonds is 6. The van der Waals surface area contributed by atoms with Crippen molar-refractivity contribution in [1.29, 1.82) is 0 Å². The smallest absolute Gasteiger partial charge is 0.171 e. The van der Waals surface area contributed by atoms with Gasteiger partial charge < -0.3 is 20.3 Å². The summed E-state index contributed by atoms with van der Waals surface area (Å²) in [6, 6.07) is 16.6. The van der Waals surface area contributed by atoms with Crippen molar-refractivity contribution < 1.29 is 4.74 Å². The van der Waals surface area contributed by atoms with Crippen LogP contribution in [0.3, 0.4) is 0 Å². The largest absolute Gasteiger partial charge is 0.494 e. The van der Waals surface area contributed by atoms with E-state index < -0.39 is 0 Å². The van der Waals surface area contributed by atoms with Gasteiger partial charge >= 0.3 is 0 Å². The number of nitrogens with zero attached hydrogens (tertiary/aromatic N) is 1. The second kappa shape index (κ2) is 9.60. The molecular formula is C22H29N3OS. The van der Waals surface area contributed by atoms with E-state index in [2.05, 4.69) is 46.7 Å². The van der Waals surface area contributed by atoms with Crippen LogP contribution in [0.25, 0.3) is 0 Å². The van der Waals surface area contributed by atoms with Gasteiger partial charge in [0, 0.05) is 31.0 Å². The van der Waals surface area contributed by atoms with E-state index in [1.807, 2.05) is 31.2 Å². The molecule has 1 saturated heterocycles. The monoisotopic (exact) mass is 383 g/mol. The summed E-state index contributed by atoms with van der Waals surface area (Å²) in [5, 5.41) is 7.09. The number of nitrogens with one attached hydrogen (secondary N) is 2. The summed E-state index contributed by atoms with van der Waals surface area (Å²) in [4.78, 5) is 2.49. The Bertz CT molecular complexity index is 730. The van der Waals surface area contributed by atoms with Crippen molar-refractivity contribution in [2.45, 2.75) is 33.2 Å². The van der Waals surface area contributed by atoms with Crippen molar-refractivity contribution in [3.8, 4) is 5.75 Å². The zero-order valence-electron chi connectivity index (χ0n) is 16.2. The molecule has 2 N–H and O–H groups in total. The maximum Gasteiger partial charge on any atom is 0.171 e. The van der Waals surface area contributed by atoms with E-state index in [1.54, 1.807) is 0 Å². The minimum Gasteiger partial charge on any atom is -0.494 e. The molecule has 4 nitrogen and oxygen atoms in total. The summed E-state index contributed by atoms with van der Waals surface area (Å²) in [5.41, 5.74) is 3.49. The number of benzene rings is 2. The highest BCUT2D eigenvalue weighted by atomic mass is 32.1. The van der Waals surface area contributed by atoms with Gasteiger partial charge in [0.05, 0.1) is 6.61 Å². The average Bonchev–Trinajstić information content (AvgIpc) is 2.68. The molecule has 3 rings (SSSR count). The van der Waals surface area contributed by atoms with Crippen molar-refractivity contribution in [3.63, 3.8) is 0 Å². The van der Waals surface area contributed by atoms with Crippen LogP contribution in [0.1, 0.15) is 32.3 Å². The van der Waals surface area contributed by atoms with E-state index in [0.29, 0.717) is 18.3 Å². The number of anilines is 2. The Morgan fingerprint density at radius 3 is 2.56 bits per heavy atom. The molecule has 1 atom stereocenters. The highest BCUT2D eigenvalue weighted by Gasteiger charge is 2.16. The first-order chi connectivity index (χ1) is 13.1. The van der Waals surface area contributed by atoms with Crippen LogP contribution in [0, 0.1) is 5.92 Å². The fraction of sp³-hybridized carbons (Fsp3) is 0.409. The number of hydrogen-bond acceptors (Lipinski definition) is 3. The van der Waals surface area contributed by atoms with Crippen LogP contribution in [0.2, 0.25) is 0 Å². The highest BCUT2D eigenvalue weighted by Crippen LogP contribution is 2.23. The molecule has 1 heterocycles. The van der Waals surface area contributed by atoms with E-state index >= 15 is 0 Å². The molecule has 0 aliphatic carbocycles. The fourth-order valence-electron chi connectivity index (χ4n) is 3.41. The number of thiocarbonyl (C=S) groups is 1. The zero-order valence-corrected chi connectivity index (χ0v) is 17.0. The third-order valence-corrected chi connectivity index (χ3v) is 5.08. The topological polar surface area (TPSA) is 36.5 Å².